The van der Waals surface area contributed by atoms with Crippen LogP contribution in [0.1, 0.15) is 0 Å². The van der Waals surface area contributed by atoms with Crippen LogP contribution in [-0.4, -0.2) is 46.2 Å². The minimum atomic E-state index is -0.518. The maximum absolute atomic E-state index is 11.0. The van der Waals surface area contributed by atoms with Crippen molar-refractivity contribution >= 4 is 39.9 Å². The van der Waals surface area contributed by atoms with E-state index < -0.39 is 4.92 Å². The van der Waals surface area contributed by atoms with Crippen LogP contribution in [0.3, 0.4) is 0 Å². The summed E-state index contributed by atoms with van der Waals surface area (Å²) in [6.45, 7) is 0. The Kier molecular flexibility index (Phi) is 4.29. The molecule has 1 N–H and O–H groups in total. The van der Waals surface area contributed by atoms with E-state index in [1.165, 1.54) is 17.5 Å². The molecule has 0 bridgehead atoms. The standard InChI is InChI=1S/C9H11N7O2S2/c1-10-7-11-4-5(16(17)18)6(12-7)19-9-14-13-8(20-9)15(2)3/h4H,1-3H3,(H,10,11,12). The second kappa shape index (κ2) is 5.96. The first-order valence-electron chi connectivity index (χ1n) is 5.39. The molecular formula is C9H11N7O2S2. The Morgan fingerprint density at radius 2 is 2.20 bits per heavy atom. The number of anilines is 2. The molecule has 20 heavy (non-hydrogen) atoms. The SMILES string of the molecule is CNc1ncc([N+](=O)[O-])c(Sc2nnc(N(C)C)s2)n1. The normalized spacial score (nSPS) is 10.3. The molecule has 0 spiro atoms. The second-order valence-corrected chi connectivity index (χ2v) is 5.93. The Morgan fingerprint density at radius 1 is 1.45 bits per heavy atom. The van der Waals surface area contributed by atoms with Crippen molar-refractivity contribution in [1.29, 1.82) is 0 Å². The number of rotatable bonds is 5. The summed E-state index contributed by atoms with van der Waals surface area (Å²) in [7, 11) is 5.34. The average Bonchev–Trinajstić information content (AvgIpc) is 2.87. The topological polar surface area (TPSA) is 110 Å². The van der Waals surface area contributed by atoms with Gasteiger partial charge in [-0.2, -0.15) is 4.98 Å². The molecule has 0 saturated carbocycles. The van der Waals surface area contributed by atoms with Gasteiger partial charge in [-0.1, -0.05) is 11.3 Å². The average molecular weight is 313 g/mol. The van der Waals surface area contributed by atoms with Gasteiger partial charge in [0.2, 0.25) is 11.1 Å². The van der Waals surface area contributed by atoms with Crippen molar-refractivity contribution in [1.82, 2.24) is 20.2 Å². The number of nitro groups is 1. The van der Waals surface area contributed by atoms with Gasteiger partial charge in [0.25, 0.3) is 0 Å². The lowest BCUT2D eigenvalue weighted by atomic mass is 10.5. The Labute approximate surface area is 122 Å². The summed E-state index contributed by atoms with van der Waals surface area (Å²) in [5.41, 5.74) is -0.157. The molecular weight excluding hydrogens is 302 g/mol. The second-order valence-electron chi connectivity index (χ2n) is 3.74. The van der Waals surface area contributed by atoms with Crippen LogP contribution in [0.2, 0.25) is 0 Å². The fourth-order valence-electron chi connectivity index (χ4n) is 1.19. The van der Waals surface area contributed by atoms with Gasteiger partial charge in [-0.05, 0) is 11.8 Å². The molecule has 2 aromatic rings. The summed E-state index contributed by atoms with van der Waals surface area (Å²) >= 11 is 2.43. The van der Waals surface area contributed by atoms with Crippen molar-refractivity contribution < 1.29 is 4.92 Å². The number of hydrogen-bond acceptors (Lipinski definition) is 10. The van der Waals surface area contributed by atoms with Gasteiger partial charge in [-0.15, -0.1) is 10.2 Å². The van der Waals surface area contributed by atoms with E-state index >= 15 is 0 Å². The minimum absolute atomic E-state index is 0.157. The van der Waals surface area contributed by atoms with E-state index in [-0.39, 0.29) is 10.7 Å². The molecule has 2 heterocycles. The first-order chi connectivity index (χ1) is 9.51. The molecule has 0 radical (unpaired) electrons. The Hall–Kier alpha value is -2.01. The molecule has 2 aromatic heterocycles. The van der Waals surface area contributed by atoms with Crippen LogP contribution in [0.5, 0.6) is 0 Å². The van der Waals surface area contributed by atoms with Gasteiger partial charge in [-0.3, -0.25) is 10.1 Å². The van der Waals surface area contributed by atoms with E-state index in [0.717, 1.165) is 16.9 Å². The van der Waals surface area contributed by atoms with Gasteiger partial charge in [0.15, 0.2) is 9.37 Å². The molecule has 9 nitrogen and oxygen atoms in total. The van der Waals surface area contributed by atoms with Gasteiger partial charge in [0.05, 0.1) is 4.92 Å². The maximum atomic E-state index is 11.0. The van der Waals surface area contributed by atoms with Crippen LogP contribution in [-0.2, 0) is 0 Å². The van der Waals surface area contributed by atoms with Crippen LogP contribution in [0, 0.1) is 10.1 Å². The van der Waals surface area contributed by atoms with E-state index in [1.807, 2.05) is 19.0 Å². The van der Waals surface area contributed by atoms with Crippen molar-refractivity contribution in [2.24, 2.45) is 0 Å². The fraction of sp³-hybridized carbons (Fsp3) is 0.333. The summed E-state index contributed by atoms with van der Waals surface area (Å²) in [4.78, 5) is 20.2. The predicted octanol–water partition coefficient (Wildman–Crippen LogP) is 1.50. The van der Waals surface area contributed by atoms with E-state index in [0.29, 0.717) is 10.3 Å². The Bertz CT molecular complexity index is 631. The number of nitrogens with zero attached hydrogens (tertiary/aromatic N) is 6. The largest absolute Gasteiger partial charge is 0.357 e. The van der Waals surface area contributed by atoms with Crippen LogP contribution in [0.25, 0.3) is 0 Å². The third kappa shape index (κ3) is 3.11. The zero-order chi connectivity index (χ0) is 14.7. The van der Waals surface area contributed by atoms with Gasteiger partial charge in [0, 0.05) is 21.1 Å². The number of aromatic nitrogens is 4. The Morgan fingerprint density at radius 3 is 2.75 bits per heavy atom. The first-order valence-corrected chi connectivity index (χ1v) is 7.02. The summed E-state index contributed by atoms with van der Waals surface area (Å²) in [6, 6.07) is 0. The quantitative estimate of drug-likeness (QED) is 0.498. The van der Waals surface area contributed by atoms with Crippen LogP contribution >= 0.6 is 23.1 Å². The fourth-order valence-corrected chi connectivity index (χ4v) is 2.93. The van der Waals surface area contributed by atoms with Gasteiger partial charge in [0.1, 0.15) is 6.20 Å². The van der Waals surface area contributed by atoms with Crippen molar-refractivity contribution in [3.63, 3.8) is 0 Å². The van der Waals surface area contributed by atoms with Crippen LogP contribution < -0.4 is 10.2 Å². The van der Waals surface area contributed by atoms with Crippen molar-refractivity contribution in [3.8, 4) is 0 Å². The molecule has 0 aliphatic heterocycles. The first kappa shape index (κ1) is 14.4. The van der Waals surface area contributed by atoms with E-state index in [1.54, 1.807) is 7.05 Å². The summed E-state index contributed by atoms with van der Waals surface area (Å²) in [5, 5.41) is 22.6. The summed E-state index contributed by atoms with van der Waals surface area (Å²) in [5.74, 6) is 0.315. The van der Waals surface area contributed by atoms with Crippen LogP contribution in [0.15, 0.2) is 15.6 Å². The molecule has 0 fully saturated rings. The molecule has 0 aliphatic rings. The van der Waals surface area contributed by atoms with Gasteiger partial charge in [-0.25, -0.2) is 4.98 Å². The lowest BCUT2D eigenvalue weighted by Gasteiger charge is -2.04. The lowest BCUT2D eigenvalue weighted by Crippen LogP contribution is -2.07. The molecule has 11 heteroatoms. The number of hydrogen-bond donors (Lipinski definition) is 1. The minimum Gasteiger partial charge on any atom is -0.357 e. The molecule has 0 aliphatic carbocycles. The molecule has 0 saturated heterocycles. The smallest absolute Gasteiger partial charge is 0.320 e. The molecule has 0 aromatic carbocycles. The molecule has 106 valence electrons. The lowest BCUT2D eigenvalue weighted by molar-refractivity contribution is -0.388. The van der Waals surface area contributed by atoms with E-state index in [9.17, 15) is 10.1 Å². The third-order valence-electron chi connectivity index (χ3n) is 2.12. The highest BCUT2D eigenvalue weighted by Crippen LogP contribution is 2.36. The summed E-state index contributed by atoms with van der Waals surface area (Å²) < 4.78 is 0.581. The number of nitrogens with one attached hydrogen (secondary N) is 1. The molecule has 0 atom stereocenters. The third-order valence-corrected chi connectivity index (χ3v) is 4.25. The van der Waals surface area contributed by atoms with E-state index in [4.69, 9.17) is 0 Å². The molecule has 0 amide bonds. The Balaban J connectivity index is 2.32. The predicted molar refractivity (Wildman–Crippen MR) is 76.6 cm³/mol. The monoisotopic (exact) mass is 313 g/mol. The highest BCUT2D eigenvalue weighted by molar-refractivity contribution is 8.01. The van der Waals surface area contributed by atoms with Gasteiger partial charge < -0.3 is 10.2 Å². The summed E-state index contributed by atoms with van der Waals surface area (Å²) in [6.07, 6.45) is 1.18. The van der Waals surface area contributed by atoms with Crippen LogP contribution in [0.4, 0.5) is 16.8 Å². The molecule has 0 unspecified atom stereocenters. The zero-order valence-electron chi connectivity index (χ0n) is 10.9. The van der Waals surface area contributed by atoms with Crippen molar-refractivity contribution in [2.75, 3.05) is 31.4 Å². The highest BCUT2D eigenvalue weighted by Gasteiger charge is 2.20. The zero-order valence-corrected chi connectivity index (χ0v) is 12.5. The highest BCUT2D eigenvalue weighted by atomic mass is 32.2. The van der Waals surface area contributed by atoms with Gasteiger partial charge >= 0.3 is 5.69 Å². The molecule has 2 rings (SSSR count). The maximum Gasteiger partial charge on any atom is 0.320 e. The van der Waals surface area contributed by atoms with Crippen molar-refractivity contribution in [3.05, 3.63) is 16.3 Å². The van der Waals surface area contributed by atoms with E-state index in [2.05, 4.69) is 25.5 Å². The van der Waals surface area contributed by atoms with Crippen molar-refractivity contribution in [2.45, 2.75) is 9.37 Å².